The molecule has 1 aromatic heterocycles. The van der Waals surface area contributed by atoms with Crippen LogP contribution in [-0.4, -0.2) is 21.7 Å². The van der Waals surface area contributed by atoms with E-state index in [0.717, 1.165) is 16.7 Å². The third-order valence-corrected chi connectivity index (χ3v) is 4.19. The zero-order valence-electron chi connectivity index (χ0n) is 14.8. The van der Waals surface area contributed by atoms with Gasteiger partial charge in [-0.15, -0.1) is 0 Å². The smallest absolute Gasteiger partial charge is 0.251 e. The van der Waals surface area contributed by atoms with Crippen molar-refractivity contribution < 1.29 is 9.84 Å². The van der Waals surface area contributed by atoms with Crippen molar-refractivity contribution >= 4 is 23.3 Å². The Labute approximate surface area is 161 Å². The van der Waals surface area contributed by atoms with E-state index >= 15 is 0 Å². The fraction of sp³-hybridized carbons (Fsp3) is 0.143. The minimum atomic E-state index is -0.224. The first-order valence-electron chi connectivity index (χ1n) is 8.52. The van der Waals surface area contributed by atoms with Gasteiger partial charge in [-0.1, -0.05) is 41.9 Å². The highest BCUT2D eigenvalue weighted by molar-refractivity contribution is 6.32. The first-order chi connectivity index (χ1) is 13.1. The second-order valence-corrected chi connectivity index (χ2v) is 6.30. The molecular formula is C21H19ClN2O3. The van der Waals surface area contributed by atoms with E-state index in [1.54, 1.807) is 12.1 Å². The molecule has 0 radical (unpaired) electrons. The number of phenols is 1. The van der Waals surface area contributed by atoms with Crippen LogP contribution in [0.25, 0.3) is 11.6 Å². The van der Waals surface area contributed by atoms with Crippen LogP contribution in [0.1, 0.15) is 23.9 Å². The van der Waals surface area contributed by atoms with E-state index in [1.165, 1.54) is 12.3 Å². The Hall–Kier alpha value is -3.05. The van der Waals surface area contributed by atoms with Gasteiger partial charge in [0.1, 0.15) is 5.82 Å². The zero-order chi connectivity index (χ0) is 19.2. The highest BCUT2D eigenvalue weighted by atomic mass is 35.5. The number of nitrogens with one attached hydrogen (secondary N) is 1. The first kappa shape index (κ1) is 18.7. The van der Waals surface area contributed by atoms with Crippen molar-refractivity contribution in [2.45, 2.75) is 13.3 Å². The standard InChI is InChI=1S/C21H19ClN2O3/c1-2-27-18-13-15(12-17(22)20(18)26)11-16(10-14-6-4-3-5-7-14)21-23-9-8-19(25)24-21/h3-9,11-13,26H,2,10H2,1H3,(H,23,24,25)/b16-11-. The largest absolute Gasteiger partial charge is 0.503 e. The minimum absolute atomic E-state index is 0.0912. The number of allylic oxidation sites excluding steroid dienone is 1. The first-order valence-corrected chi connectivity index (χ1v) is 8.90. The number of hydrogen-bond acceptors (Lipinski definition) is 4. The van der Waals surface area contributed by atoms with Crippen molar-refractivity contribution in [2.24, 2.45) is 0 Å². The number of ether oxygens (including phenoxy) is 1. The van der Waals surface area contributed by atoms with Crippen LogP contribution in [-0.2, 0) is 6.42 Å². The Morgan fingerprint density at radius 3 is 2.74 bits per heavy atom. The van der Waals surface area contributed by atoms with Crippen LogP contribution in [0.3, 0.4) is 0 Å². The molecule has 0 unspecified atom stereocenters. The number of rotatable bonds is 6. The highest BCUT2D eigenvalue weighted by Crippen LogP contribution is 2.36. The van der Waals surface area contributed by atoms with Gasteiger partial charge in [0, 0.05) is 18.7 Å². The van der Waals surface area contributed by atoms with Gasteiger partial charge in [-0.2, -0.15) is 0 Å². The number of hydrogen-bond donors (Lipinski definition) is 2. The molecule has 0 bridgehead atoms. The summed E-state index contributed by atoms with van der Waals surface area (Å²) >= 11 is 6.14. The third-order valence-electron chi connectivity index (χ3n) is 3.90. The molecule has 3 rings (SSSR count). The number of aromatic hydroxyl groups is 1. The van der Waals surface area contributed by atoms with E-state index in [-0.39, 0.29) is 16.3 Å². The fourth-order valence-corrected chi connectivity index (χ4v) is 2.92. The quantitative estimate of drug-likeness (QED) is 0.666. The van der Waals surface area contributed by atoms with Crippen LogP contribution in [0.4, 0.5) is 0 Å². The normalized spacial score (nSPS) is 11.4. The summed E-state index contributed by atoms with van der Waals surface area (Å²) in [4.78, 5) is 18.8. The van der Waals surface area contributed by atoms with Crippen LogP contribution in [0.5, 0.6) is 11.5 Å². The summed E-state index contributed by atoms with van der Waals surface area (Å²) in [5.41, 5.74) is 2.39. The summed E-state index contributed by atoms with van der Waals surface area (Å²) in [6.07, 6.45) is 3.91. The van der Waals surface area contributed by atoms with Crippen molar-refractivity contribution in [1.29, 1.82) is 0 Å². The molecule has 3 aromatic rings. The number of phenolic OH excluding ortho intramolecular Hbond substituents is 1. The predicted octanol–water partition coefficient (Wildman–Crippen LogP) is 4.31. The molecule has 6 heteroatoms. The fourth-order valence-electron chi connectivity index (χ4n) is 2.70. The van der Waals surface area contributed by atoms with E-state index < -0.39 is 0 Å². The van der Waals surface area contributed by atoms with E-state index in [1.807, 2.05) is 43.3 Å². The van der Waals surface area contributed by atoms with E-state index in [9.17, 15) is 9.90 Å². The number of halogens is 1. The molecule has 27 heavy (non-hydrogen) atoms. The topological polar surface area (TPSA) is 75.2 Å². The minimum Gasteiger partial charge on any atom is -0.503 e. The molecule has 0 aliphatic carbocycles. The zero-order valence-corrected chi connectivity index (χ0v) is 15.5. The van der Waals surface area contributed by atoms with Crippen molar-refractivity contribution in [3.05, 3.63) is 87.1 Å². The summed E-state index contributed by atoms with van der Waals surface area (Å²) in [6.45, 7) is 2.23. The summed E-state index contributed by atoms with van der Waals surface area (Å²) in [6, 6.07) is 14.6. The van der Waals surface area contributed by atoms with Gasteiger partial charge in [-0.3, -0.25) is 4.79 Å². The Bertz CT molecular complexity index is 1010. The summed E-state index contributed by atoms with van der Waals surface area (Å²) in [5.74, 6) is 0.699. The van der Waals surface area contributed by atoms with Crippen LogP contribution in [0, 0.1) is 0 Å². The average molecular weight is 383 g/mol. The van der Waals surface area contributed by atoms with Gasteiger partial charge in [0.25, 0.3) is 5.56 Å². The van der Waals surface area contributed by atoms with E-state index in [2.05, 4.69) is 9.97 Å². The average Bonchev–Trinajstić information content (AvgIpc) is 2.66. The third kappa shape index (κ3) is 4.77. The van der Waals surface area contributed by atoms with Gasteiger partial charge >= 0.3 is 0 Å². The number of nitrogens with zero attached hydrogens (tertiary/aromatic N) is 1. The van der Waals surface area contributed by atoms with Gasteiger partial charge < -0.3 is 14.8 Å². The number of aromatic amines is 1. The molecule has 0 spiro atoms. The molecular weight excluding hydrogens is 364 g/mol. The molecule has 5 nitrogen and oxygen atoms in total. The lowest BCUT2D eigenvalue weighted by molar-refractivity contribution is 0.318. The summed E-state index contributed by atoms with van der Waals surface area (Å²) < 4.78 is 5.45. The molecule has 0 saturated heterocycles. The Balaban J connectivity index is 2.08. The van der Waals surface area contributed by atoms with Crippen LogP contribution in [0.15, 0.2) is 59.5 Å². The monoisotopic (exact) mass is 382 g/mol. The van der Waals surface area contributed by atoms with Crippen molar-refractivity contribution in [2.75, 3.05) is 6.61 Å². The predicted molar refractivity (Wildman–Crippen MR) is 107 cm³/mol. The van der Waals surface area contributed by atoms with Gasteiger partial charge in [-0.25, -0.2) is 4.98 Å². The molecule has 0 atom stereocenters. The lowest BCUT2D eigenvalue weighted by Crippen LogP contribution is -2.09. The molecule has 2 N–H and O–H groups in total. The maximum absolute atomic E-state index is 11.7. The number of H-pyrrole nitrogens is 1. The summed E-state index contributed by atoms with van der Waals surface area (Å²) in [5, 5.41) is 10.2. The van der Waals surface area contributed by atoms with E-state index in [4.69, 9.17) is 16.3 Å². The van der Waals surface area contributed by atoms with E-state index in [0.29, 0.717) is 24.6 Å². The molecule has 1 heterocycles. The molecule has 0 amide bonds. The lowest BCUT2D eigenvalue weighted by atomic mass is 10.0. The van der Waals surface area contributed by atoms with Crippen LogP contribution < -0.4 is 10.3 Å². The second-order valence-electron chi connectivity index (χ2n) is 5.90. The molecule has 0 fully saturated rings. The molecule has 138 valence electrons. The van der Waals surface area contributed by atoms with Crippen molar-refractivity contribution in [3.63, 3.8) is 0 Å². The molecule has 0 aliphatic heterocycles. The van der Waals surface area contributed by atoms with Crippen molar-refractivity contribution in [3.8, 4) is 11.5 Å². The highest BCUT2D eigenvalue weighted by Gasteiger charge is 2.11. The van der Waals surface area contributed by atoms with Gasteiger partial charge in [-0.05, 0) is 41.8 Å². The second kappa shape index (κ2) is 8.56. The van der Waals surface area contributed by atoms with Crippen molar-refractivity contribution in [1.82, 2.24) is 9.97 Å². The maximum atomic E-state index is 11.7. The molecule has 2 aromatic carbocycles. The molecule has 0 aliphatic rings. The summed E-state index contributed by atoms with van der Waals surface area (Å²) in [7, 11) is 0. The van der Waals surface area contributed by atoms with Gasteiger partial charge in [0.15, 0.2) is 11.5 Å². The Morgan fingerprint density at radius 2 is 2.04 bits per heavy atom. The van der Waals surface area contributed by atoms with Gasteiger partial charge in [0.05, 0.1) is 11.6 Å². The van der Waals surface area contributed by atoms with Crippen LogP contribution in [0.2, 0.25) is 5.02 Å². The van der Waals surface area contributed by atoms with Gasteiger partial charge in [0.2, 0.25) is 0 Å². The Kier molecular flexibility index (Phi) is 5.94. The SMILES string of the molecule is CCOc1cc(/C=C(/Cc2ccccc2)c2nccc(=O)[nH]2)cc(Cl)c1O. The lowest BCUT2D eigenvalue weighted by Gasteiger charge is -2.11. The maximum Gasteiger partial charge on any atom is 0.251 e. The van der Waals surface area contributed by atoms with Crippen LogP contribution >= 0.6 is 11.6 Å². The number of aromatic nitrogens is 2. The Morgan fingerprint density at radius 1 is 1.26 bits per heavy atom. The number of benzene rings is 2. The molecule has 0 saturated carbocycles.